The largest absolute Gasteiger partial charge is 1.00 e. The number of nitro benzene ring substituents is 2. The van der Waals surface area contributed by atoms with E-state index >= 15 is 0 Å². The van der Waals surface area contributed by atoms with Crippen molar-refractivity contribution in [3.8, 4) is 5.75 Å². The Morgan fingerprint density at radius 3 is 1.69 bits per heavy atom. The molecule has 2 aromatic heterocycles. The predicted octanol–water partition coefficient (Wildman–Crippen LogP) is 9.45. The maximum absolute atomic E-state index is 13.2. The number of ether oxygens (including phenoxy) is 3. The summed E-state index contributed by atoms with van der Waals surface area (Å²) in [5, 5.41) is 36.1. The number of fused-ring (bicyclic) bond motifs is 2. The molecule has 0 bridgehead atoms. The van der Waals surface area contributed by atoms with Gasteiger partial charge in [0.15, 0.2) is 0 Å². The number of anilines is 1. The second-order valence-electron chi connectivity index (χ2n) is 18.4. The second-order valence-corrected chi connectivity index (χ2v) is 18.4. The Bertz CT molecular complexity index is 2670. The molecule has 0 aliphatic heterocycles. The summed E-state index contributed by atoms with van der Waals surface area (Å²) in [4.78, 5) is 53.1. The first-order valence-corrected chi connectivity index (χ1v) is 20.7. The quantitative estimate of drug-likeness (QED) is 0.0539. The van der Waals surface area contributed by atoms with Gasteiger partial charge in [-0.3, -0.25) is 35.3 Å². The molecule has 2 N–H and O–H groups in total. The van der Waals surface area contributed by atoms with Crippen LogP contribution in [-0.4, -0.2) is 59.4 Å². The molecule has 0 atom stereocenters. The van der Waals surface area contributed by atoms with Crippen LogP contribution in [-0.2, 0) is 33.5 Å². The fourth-order valence-electron chi connectivity index (χ4n) is 6.56. The van der Waals surface area contributed by atoms with Crippen molar-refractivity contribution in [2.75, 3.05) is 5.32 Å². The van der Waals surface area contributed by atoms with Gasteiger partial charge in [0.25, 0.3) is 11.4 Å². The van der Waals surface area contributed by atoms with Gasteiger partial charge in [0.1, 0.15) is 34.2 Å². The third-order valence-corrected chi connectivity index (χ3v) is 8.83. The first kappa shape index (κ1) is 59.9. The Kier molecular flexibility index (Phi) is 22.3. The Morgan fingerprint density at radius 1 is 0.676 bits per heavy atom. The van der Waals surface area contributed by atoms with Crippen LogP contribution in [0.4, 0.5) is 26.4 Å². The van der Waals surface area contributed by atoms with E-state index in [1.807, 2.05) is 58.9 Å². The van der Waals surface area contributed by atoms with Crippen LogP contribution < -0.4 is 39.6 Å². The number of carbonyl (C=O) groups excluding carboxylic acids is 2. The predicted molar refractivity (Wildman–Crippen MR) is 262 cm³/mol. The normalized spacial score (nSPS) is 11.1. The number of pyridine rings is 2. The molecule has 6 rings (SSSR count). The molecule has 362 valence electrons. The van der Waals surface area contributed by atoms with Crippen molar-refractivity contribution in [3.05, 3.63) is 152 Å². The number of nitrogens with one attached hydrogen (secondary N) is 1. The minimum Gasteiger partial charge on any atom is -1.00 e. The third-order valence-electron chi connectivity index (χ3n) is 8.83. The summed E-state index contributed by atoms with van der Waals surface area (Å²) in [6, 6.07) is 26.2. The van der Waals surface area contributed by atoms with Crippen LogP contribution >= 0.6 is 0 Å². The Labute approximate surface area is 421 Å². The number of rotatable bonds is 11. The summed E-state index contributed by atoms with van der Waals surface area (Å²) >= 11 is 0. The van der Waals surface area contributed by atoms with Crippen molar-refractivity contribution in [3.63, 3.8) is 0 Å². The molecule has 68 heavy (non-hydrogen) atoms. The SMILES string of the molecule is C.C.CC(C)(C)OC(=O)Cc1cc(CC(C)(C)Oc2ccc([N+](=O)[O-])c3ccccc23)ccn1.CC(C)(O)Cc1ccnc(NC(=O)OC(C)(C)C)c1.O=[N+]([O-])c1ccc(F)c2ccccc12.[H-].[Na+]. The van der Waals surface area contributed by atoms with Crippen LogP contribution in [0.15, 0.2) is 109 Å². The maximum Gasteiger partial charge on any atom is 1.00 e. The number of amides is 1. The van der Waals surface area contributed by atoms with E-state index in [-0.39, 0.29) is 79.9 Å². The van der Waals surface area contributed by atoms with Crippen LogP contribution in [0.2, 0.25) is 0 Å². The fourth-order valence-corrected chi connectivity index (χ4v) is 6.56. The summed E-state index contributed by atoms with van der Waals surface area (Å²) in [6.45, 7) is 18.3. The van der Waals surface area contributed by atoms with Crippen molar-refractivity contribution in [1.29, 1.82) is 0 Å². The number of esters is 1. The summed E-state index contributed by atoms with van der Waals surface area (Å²) < 4.78 is 30.0. The zero-order valence-electron chi connectivity index (χ0n) is 40.3. The topological polar surface area (TPSA) is 206 Å². The average Bonchev–Trinajstić information content (AvgIpc) is 3.16. The summed E-state index contributed by atoms with van der Waals surface area (Å²) in [5.41, 5.74) is -0.0220. The monoisotopic (exact) mass is 949 g/mol. The molecule has 17 heteroatoms. The molecule has 0 fully saturated rings. The zero-order chi connectivity index (χ0) is 48.3. The average molecular weight is 950 g/mol. The van der Waals surface area contributed by atoms with Crippen LogP contribution in [0.1, 0.15) is 102 Å². The van der Waals surface area contributed by atoms with Crippen LogP contribution in [0.25, 0.3) is 21.5 Å². The van der Waals surface area contributed by atoms with E-state index in [1.165, 1.54) is 24.3 Å². The van der Waals surface area contributed by atoms with Crippen LogP contribution in [0.5, 0.6) is 5.75 Å². The van der Waals surface area contributed by atoms with E-state index in [1.54, 1.807) is 89.5 Å². The number of benzene rings is 4. The second kappa shape index (κ2) is 25.3. The molecule has 2 heterocycles. The van der Waals surface area contributed by atoms with Gasteiger partial charge in [0, 0.05) is 48.1 Å². The van der Waals surface area contributed by atoms with E-state index in [4.69, 9.17) is 14.2 Å². The van der Waals surface area contributed by atoms with E-state index in [0.29, 0.717) is 46.3 Å². The number of aliphatic hydroxyl groups is 1. The summed E-state index contributed by atoms with van der Waals surface area (Å²) in [7, 11) is 0. The summed E-state index contributed by atoms with van der Waals surface area (Å²) in [6.07, 6.45) is 3.86. The van der Waals surface area contributed by atoms with E-state index < -0.39 is 39.2 Å². The zero-order valence-corrected chi connectivity index (χ0v) is 41.3. The first-order chi connectivity index (χ1) is 30.2. The molecule has 1 amide bonds. The smallest absolute Gasteiger partial charge is 1.00 e. The Balaban J connectivity index is 0.00000107. The molecule has 0 saturated heterocycles. The number of nitrogens with zero attached hydrogens (tertiary/aromatic N) is 4. The molecule has 0 unspecified atom stereocenters. The molecular weight excluding hydrogens is 885 g/mol. The minimum atomic E-state index is -0.801. The van der Waals surface area contributed by atoms with Crippen molar-refractivity contribution in [2.24, 2.45) is 0 Å². The van der Waals surface area contributed by atoms with Gasteiger partial charge in [-0.15, -0.1) is 0 Å². The van der Waals surface area contributed by atoms with Gasteiger partial charge >= 0.3 is 41.6 Å². The van der Waals surface area contributed by atoms with Crippen LogP contribution in [0.3, 0.4) is 0 Å². The molecule has 0 saturated carbocycles. The number of hydrogen-bond acceptors (Lipinski definition) is 12. The van der Waals surface area contributed by atoms with Gasteiger partial charge < -0.3 is 20.7 Å². The molecule has 15 nitrogen and oxygen atoms in total. The number of carbonyl (C=O) groups is 2. The van der Waals surface area contributed by atoms with Crippen molar-refractivity contribution >= 4 is 50.8 Å². The fraction of sp³-hybridized carbons (Fsp3) is 0.373. The molecule has 0 aliphatic rings. The van der Waals surface area contributed by atoms with Gasteiger partial charge in [0.05, 0.1) is 38.3 Å². The van der Waals surface area contributed by atoms with Crippen molar-refractivity contribution in [2.45, 2.75) is 126 Å². The Hall–Kier alpha value is -6.07. The van der Waals surface area contributed by atoms with E-state index in [9.17, 15) is 39.3 Å². The number of nitro groups is 2. The van der Waals surface area contributed by atoms with E-state index in [0.717, 1.165) is 17.2 Å². The van der Waals surface area contributed by atoms with Gasteiger partial charge in [0.2, 0.25) is 0 Å². The van der Waals surface area contributed by atoms with E-state index in [2.05, 4.69) is 15.3 Å². The number of hydrogen-bond donors (Lipinski definition) is 2. The van der Waals surface area contributed by atoms with Gasteiger partial charge in [-0.25, -0.2) is 14.2 Å². The maximum atomic E-state index is 13.2. The number of halogens is 1. The number of non-ortho nitro benzene ring substituents is 2. The molecule has 0 spiro atoms. The van der Waals surface area contributed by atoms with Crippen molar-refractivity contribution < 1.29 is 74.1 Å². The first-order valence-electron chi connectivity index (χ1n) is 20.7. The Morgan fingerprint density at radius 2 is 1.16 bits per heavy atom. The third kappa shape index (κ3) is 19.6. The molecule has 0 radical (unpaired) electrons. The molecular formula is C51H65FN5NaO10. The minimum absolute atomic E-state index is 0. The van der Waals surface area contributed by atoms with Gasteiger partial charge in [-0.1, -0.05) is 51.3 Å². The molecule has 0 aliphatic carbocycles. The summed E-state index contributed by atoms with van der Waals surface area (Å²) in [5.74, 6) is 0.233. The molecule has 4 aromatic carbocycles. The molecule has 6 aromatic rings. The van der Waals surface area contributed by atoms with Crippen molar-refractivity contribution in [1.82, 2.24) is 9.97 Å². The van der Waals surface area contributed by atoms with Gasteiger partial charge in [-0.2, -0.15) is 0 Å². The number of aromatic nitrogens is 2. The standard InChI is InChI=1S/C25H28N2O5.C14H22N2O3.C10H6FNO2.2CH4.Na.H/c1-24(2,3)32-23(28)15-18-14-17(12-13-26-18)16-25(4,5)31-22-11-10-21(27(29)30)19-8-6-7-9-20(19)22;1-13(2,3)19-12(17)16-11-8-10(6-7-15-11)9-14(4,5)18;11-9-5-6-10(12(13)14)8-4-2-1-3-7(8)9;;;;/h6-14H,15-16H2,1-5H3;6-8,18H,9H2,1-5H3,(H,15,16,17);1-6H;2*1H4;;/q;;;;;+1;-1. The van der Waals surface area contributed by atoms with Crippen LogP contribution in [0, 0.1) is 26.0 Å². The van der Waals surface area contributed by atoms with Gasteiger partial charge in [-0.05, 0) is 129 Å².